The molecule has 0 saturated heterocycles. The molecule has 0 atom stereocenters. The summed E-state index contributed by atoms with van der Waals surface area (Å²) in [6.45, 7) is 6.35. The van der Waals surface area contributed by atoms with Crippen molar-refractivity contribution in [3.05, 3.63) is 35.4 Å². The molecule has 1 aliphatic rings. The summed E-state index contributed by atoms with van der Waals surface area (Å²) in [5, 5.41) is 4.16. The van der Waals surface area contributed by atoms with Gasteiger partial charge in [0.2, 0.25) is 5.91 Å². The number of hydrazone groups is 1. The van der Waals surface area contributed by atoms with Crippen LogP contribution in [0.3, 0.4) is 0 Å². The molecule has 0 heterocycles. The zero-order chi connectivity index (χ0) is 13.8. The molecule has 1 aromatic carbocycles. The van der Waals surface area contributed by atoms with E-state index in [-0.39, 0.29) is 11.8 Å². The number of carbonyl (C=O) groups is 1. The zero-order valence-corrected chi connectivity index (χ0v) is 11.9. The summed E-state index contributed by atoms with van der Waals surface area (Å²) in [4.78, 5) is 11.5. The van der Waals surface area contributed by atoms with Crippen molar-refractivity contribution >= 4 is 11.6 Å². The predicted octanol–water partition coefficient (Wildman–Crippen LogP) is 3.14. The summed E-state index contributed by atoms with van der Waals surface area (Å²) in [5.74, 6) is 0.916. The SMILES string of the molecule is C/C(=N/NC(=O)C1CC1)c1ccc(CC(C)C)cc1. The number of nitrogens with zero attached hydrogens (tertiary/aromatic N) is 1. The summed E-state index contributed by atoms with van der Waals surface area (Å²) < 4.78 is 0. The van der Waals surface area contributed by atoms with E-state index in [1.165, 1.54) is 5.56 Å². The average Bonchev–Trinajstić information content (AvgIpc) is 3.20. The van der Waals surface area contributed by atoms with Crippen LogP contribution in [0.15, 0.2) is 29.4 Å². The molecule has 1 fully saturated rings. The van der Waals surface area contributed by atoms with Gasteiger partial charge in [0.1, 0.15) is 0 Å². The Labute approximate surface area is 115 Å². The highest BCUT2D eigenvalue weighted by atomic mass is 16.2. The number of carbonyl (C=O) groups excluding carboxylic acids is 1. The Hall–Kier alpha value is -1.64. The summed E-state index contributed by atoms with van der Waals surface area (Å²) in [5.41, 5.74) is 5.89. The van der Waals surface area contributed by atoms with Crippen LogP contribution >= 0.6 is 0 Å². The van der Waals surface area contributed by atoms with Gasteiger partial charge in [0.25, 0.3) is 0 Å². The van der Waals surface area contributed by atoms with Crippen LogP contribution in [-0.4, -0.2) is 11.6 Å². The maximum absolute atomic E-state index is 11.5. The van der Waals surface area contributed by atoms with Crippen LogP contribution in [-0.2, 0) is 11.2 Å². The van der Waals surface area contributed by atoms with Gasteiger partial charge in [-0.15, -0.1) is 0 Å². The van der Waals surface area contributed by atoms with Gasteiger partial charge in [0, 0.05) is 5.92 Å². The lowest BCUT2D eigenvalue weighted by Gasteiger charge is -2.06. The standard InChI is InChI=1S/C16H22N2O/c1-11(2)10-13-4-6-14(7-5-13)12(3)17-18-16(19)15-8-9-15/h4-7,11,15H,8-10H2,1-3H3,(H,18,19)/b17-12-. The van der Waals surface area contributed by atoms with Crippen LogP contribution < -0.4 is 5.43 Å². The van der Waals surface area contributed by atoms with E-state index in [1.807, 2.05) is 6.92 Å². The van der Waals surface area contributed by atoms with E-state index >= 15 is 0 Å². The van der Waals surface area contributed by atoms with Crippen LogP contribution in [0.1, 0.15) is 44.7 Å². The first-order valence-electron chi connectivity index (χ1n) is 6.99. The van der Waals surface area contributed by atoms with E-state index in [0.29, 0.717) is 5.92 Å². The molecule has 19 heavy (non-hydrogen) atoms. The molecule has 1 amide bonds. The molecule has 1 aliphatic carbocycles. The second-order valence-corrected chi connectivity index (χ2v) is 5.74. The first kappa shape index (κ1) is 13.8. The van der Waals surface area contributed by atoms with Crippen molar-refractivity contribution in [2.45, 2.75) is 40.0 Å². The maximum Gasteiger partial charge on any atom is 0.243 e. The molecular formula is C16H22N2O. The van der Waals surface area contributed by atoms with Crippen LogP contribution in [0.25, 0.3) is 0 Å². The summed E-state index contributed by atoms with van der Waals surface area (Å²) in [6.07, 6.45) is 3.10. The summed E-state index contributed by atoms with van der Waals surface area (Å²) >= 11 is 0. The van der Waals surface area contributed by atoms with E-state index in [9.17, 15) is 4.79 Å². The minimum Gasteiger partial charge on any atom is -0.273 e. The summed E-state index contributed by atoms with van der Waals surface area (Å²) in [6, 6.07) is 8.41. The molecule has 1 aromatic rings. The van der Waals surface area contributed by atoms with Crippen molar-refractivity contribution in [3.63, 3.8) is 0 Å². The Bertz CT molecular complexity index is 470. The largest absolute Gasteiger partial charge is 0.273 e. The van der Waals surface area contributed by atoms with Gasteiger partial charge in [0.05, 0.1) is 5.71 Å². The molecule has 0 unspecified atom stereocenters. The second-order valence-electron chi connectivity index (χ2n) is 5.74. The molecule has 3 nitrogen and oxygen atoms in total. The minimum atomic E-state index is 0.0516. The van der Waals surface area contributed by atoms with Crippen molar-refractivity contribution in [1.82, 2.24) is 5.43 Å². The fourth-order valence-electron chi connectivity index (χ4n) is 1.99. The second kappa shape index (κ2) is 6.00. The number of benzene rings is 1. The maximum atomic E-state index is 11.5. The third-order valence-corrected chi connectivity index (χ3v) is 3.30. The van der Waals surface area contributed by atoms with E-state index in [2.05, 4.69) is 48.6 Å². The van der Waals surface area contributed by atoms with Crippen LogP contribution in [0.4, 0.5) is 0 Å². The number of nitrogens with one attached hydrogen (secondary N) is 1. The smallest absolute Gasteiger partial charge is 0.243 e. The van der Waals surface area contributed by atoms with E-state index in [1.54, 1.807) is 0 Å². The molecule has 0 bridgehead atoms. The van der Waals surface area contributed by atoms with Crippen molar-refractivity contribution in [2.75, 3.05) is 0 Å². The lowest BCUT2D eigenvalue weighted by atomic mass is 10.0. The Kier molecular flexibility index (Phi) is 4.35. The molecule has 0 aromatic heterocycles. The molecule has 1 N–H and O–H groups in total. The lowest BCUT2D eigenvalue weighted by Crippen LogP contribution is -2.20. The molecular weight excluding hydrogens is 236 g/mol. The highest BCUT2D eigenvalue weighted by Gasteiger charge is 2.29. The molecule has 2 rings (SSSR count). The first-order chi connectivity index (χ1) is 9.06. The Morgan fingerprint density at radius 2 is 1.95 bits per heavy atom. The first-order valence-corrected chi connectivity index (χ1v) is 6.99. The van der Waals surface area contributed by atoms with Crippen LogP contribution in [0.2, 0.25) is 0 Å². The van der Waals surface area contributed by atoms with Gasteiger partial charge in [0.15, 0.2) is 0 Å². The predicted molar refractivity (Wildman–Crippen MR) is 78.1 cm³/mol. The van der Waals surface area contributed by atoms with Crippen molar-refractivity contribution in [2.24, 2.45) is 16.9 Å². The van der Waals surface area contributed by atoms with E-state index < -0.39 is 0 Å². The van der Waals surface area contributed by atoms with Gasteiger partial charge in [-0.25, -0.2) is 5.43 Å². The fourth-order valence-corrected chi connectivity index (χ4v) is 1.99. The number of rotatable bonds is 5. The van der Waals surface area contributed by atoms with Gasteiger partial charge in [-0.3, -0.25) is 4.79 Å². The lowest BCUT2D eigenvalue weighted by molar-refractivity contribution is -0.122. The van der Waals surface area contributed by atoms with Gasteiger partial charge < -0.3 is 0 Å². The molecule has 102 valence electrons. The van der Waals surface area contributed by atoms with E-state index in [4.69, 9.17) is 0 Å². The third kappa shape index (κ3) is 4.19. The van der Waals surface area contributed by atoms with Gasteiger partial charge in [-0.2, -0.15) is 5.10 Å². The Morgan fingerprint density at radius 3 is 2.47 bits per heavy atom. The minimum absolute atomic E-state index is 0.0516. The third-order valence-electron chi connectivity index (χ3n) is 3.30. The Balaban J connectivity index is 1.96. The summed E-state index contributed by atoms with van der Waals surface area (Å²) in [7, 11) is 0. The molecule has 0 aliphatic heterocycles. The van der Waals surface area contributed by atoms with Gasteiger partial charge in [-0.1, -0.05) is 38.1 Å². The number of hydrogen-bond acceptors (Lipinski definition) is 2. The monoisotopic (exact) mass is 258 g/mol. The highest BCUT2D eigenvalue weighted by Crippen LogP contribution is 2.28. The van der Waals surface area contributed by atoms with Gasteiger partial charge >= 0.3 is 0 Å². The molecule has 0 spiro atoms. The molecule has 3 heteroatoms. The topological polar surface area (TPSA) is 41.5 Å². The van der Waals surface area contributed by atoms with Crippen molar-refractivity contribution in [1.29, 1.82) is 0 Å². The number of hydrogen-bond donors (Lipinski definition) is 1. The normalized spacial score (nSPS) is 15.7. The number of amides is 1. The molecule has 1 saturated carbocycles. The van der Waals surface area contributed by atoms with Crippen LogP contribution in [0.5, 0.6) is 0 Å². The zero-order valence-electron chi connectivity index (χ0n) is 11.9. The average molecular weight is 258 g/mol. The van der Waals surface area contributed by atoms with E-state index in [0.717, 1.165) is 30.5 Å². The molecule has 0 radical (unpaired) electrons. The Morgan fingerprint density at radius 1 is 1.32 bits per heavy atom. The fraction of sp³-hybridized carbons (Fsp3) is 0.500. The van der Waals surface area contributed by atoms with Crippen molar-refractivity contribution < 1.29 is 4.79 Å². The van der Waals surface area contributed by atoms with Gasteiger partial charge in [-0.05, 0) is 43.2 Å². The highest BCUT2D eigenvalue weighted by molar-refractivity contribution is 5.99. The van der Waals surface area contributed by atoms with Crippen molar-refractivity contribution in [3.8, 4) is 0 Å². The van der Waals surface area contributed by atoms with Crippen LogP contribution in [0, 0.1) is 11.8 Å². The quantitative estimate of drug-likeness (QED) is 0.640.